The van der Waals surface area contributed by atoms with E-state index in [2.05, 4.69) is 11.0 Å². The normalized spacial score (nSPS) is 17.4. The highest BCUT2D eigenvalue weighted by Gasteiger charge is 2.31. The molecule has 1 N–H and O–H groups in total. The standard InChI is InChI=1S/C16H22N2O2S/c1-16(2,19)11-6-8-18(9-7-11)15-17-13-10-12(20-3)4-5-14(13)21-15/h4-5,10-11,19H,6-9H2,1-3H3. The van der Waals surface area contributed by atoms with Crippen molar-refractivity contribution in [3.05, 3.63) is 18.2 Å². The van der Waals surface area contributed by atoms with Crippen molar-refractivity contribution in [2.45, 2.75) is 32.3 Å². The molecule has 0 unspecified atom stereocenters. The SMILES string of the molecule is COc1ccc2sc(N3CCC(C(C)(C)O)CC3)nc2c1. The van der Waals surface area contributed by atoms with E-state index >= 15 is 0 Å². The Labute approximate surface area is 129 Å². The number of nitrogens with zero attached hydrogens (tertiary/aromatic N) is 2. The Kier molecular flexibility index (Phi) is 3.80. The summed E-state index contributed by atoms with van der Waals surface area (Å²) < 4.78 is 6.44. The molecule has 1 fully saturated rings. The quantitative estimate of drug-likeness (QED) is 0.945. The van der Waals surface area contributed by atoms with Gasteiger partial charge in [-0.3, -0.25) is 0 Å². The summed E-state index contributed by atoms with van der Waals surface area (Å²) in [5.41, 5.74) is 0.423. The first-order chi connectivity index (χ1) is 9.97. The van der Waals surface area contributed by atoms with Crippen LogP contribution in [0.4, 0.5) is 5.13 Å². The number of rotatable bonds is 3. The Morgan fingerprint density at radius 3 is 2.67 bits per heavy atom. The van der Waals surface area contributed by atoms with Crippen molar-refractivity contribution < 1.29 is 9.84 Å². The Morgan fingerprint density at radius 2 is 2.05 bits per heavy atom. The van der Waals surface area contributed by atoms with Crippen molar-refractivity contribution in [2.75, 3.05) is 25.1 Å². The van der Waals surface area contributed by atoms with Gasteiger partial charge in [-0.1, -0.05) is 11.3 Å². The number of piperidine rings is 1. The van der Waals surface area contributed by atoms with Gasteiger partial charge in [0.2, 0.25) is 0 Å². The van der Waals surface area contributed by atoms with Crippen LogP contribution in [0.15, 0.2) is 18.2 Å². The van der Waals surface area contributed by atoms with Crippen LogP contribution in [-0.2, 0) is 0 Å². The van der Waals surface area contributed by atoms with Crippen LogP contribution in [0.3, 0.4) is 0 Å². The van der Waals surface area contributed by atoms with Gasteiger partial charge in [0, 0.05) is 19.2 Å². The van der Waals surface area contributed by atoms with Gasteiger partial charge in [0.05, 0.1) is 22.9 Å². The van der Waals surface area contributed by atoms with E-state index in [1.807, 2.05) is 26.0 Å². The second-order valence-electron chi connectivity index (χ2n) is 6.25. The van der Waals surface area contributed by atoms with Crippen molar-refractivity contribution in [1.82, 2.24) is 4.98 Å². The van der Waals surface area contributed by atoms with E-state index in [4.69, 9.17) is 9.72 Å². The number of hydrogen-bond donors (Lipinski definition) is 1. The van der Waals surface area contributed by atoms with Gasteiger partial charge in [-0.05, 0) is 44.7 Å². The van der Waals surface area contributed by atoms with Gasteiger partial charge in [-0.2, -0.15) is 0 Å². The molecule has 5 heteroatoms. The number of aromatic nitrogens is 1. The lowest BCUT2D eigenvalue weighted by molar-refractivity contribution is 0.00651. The molecule has 0 saturated carbocycles. The van der Waals surface area contributed by atoms with E-state index in [1.54, 1.807) is 18.4 Å². The third-order valence-electron chi connectivity index (χ3n) is 4.35. The number of aliphatic hydroxyl groups is 1. The molecule has 2 aromatic rings. The summed E-state index contributed by atoms with van der Waals surface area (Å²) in [6.45, 7) is 5.76. The molecule has 0 amide bonds. The smallest absolute Gasteiger partial charge is 0.186 e. The summed E-state index contributed by atoms with van der Waals surface area (Å²) in [5, 5.41) is 11.2. The molecule has 3 rings (SSSR count). The maximum absolute atomic E-state index is 10.1. The lowest BCUT2D eigenvalue weighted by Crippen LogP contribution is -2.41. The van der Waals surface area contributed by atoms with Crippen LogP contribution in [0.25, 0.3) is 10.2 Å². The molecule has 1 aliphatic rings. The van der Waals surface area contributed by atoms with Crippen LogP contribution in [0.2, 0.25) is 0 Å². The van der Waals surface area contributed by atoms with Crippen molar-refractivity contribution in [2.24, 2.45) is 5.92 Å². The van der Waals surface area contributed by atoms with E-state index in [-0.39, 0.29) is 0 Å². The average molecular weight is 306 g/mol. The van der Waals surface area contributed by atoms with Crippen molar-refractivity contribution >= 4 is 26.7 Å². The van der Waals surface area contributed by atoms with Gasteiger partial charge in [0.25, 0.3) is 0 Å². The number of benzene rings is 1. The van der Waals surface area contributed by atoms with Crippen LogP contribution < -0.4 is 9.64 Å². The fourth-order valence-corrected chi connectivity index (χ4v) is 3.93. The number of anilines is 1. The zero-order valence-corrected chi connectivity index (χ0v) is 13.6. The van der Waals surface area contributed by atoms with Gasteiger partial charge in [-0.25, -0.2) is 4.98 Å². The number of ether oxygens (including phenoxy) is 1. The fraction of sp³-hybridized carbons (Fsp3) is 0.562. The molecule has 1 aliphatic heterocycles. The Hall–Kier alpha value is -1.33. The maximum Gasteiger partial charge on any atom is 0.186 e. The summed E-state index contributed by atoms with van der Waals surface area (Å²) >= 11 is 1.73. The van der Waals surface area contributed by atoms with Crippen LogP contribution in [0.5, 0.6) is 5.75 Å². The third kappa shape index (κ3) is 2.99. The first kappa shape index (κ1) is 14.6. The number of thiazole rings is 1. The van der Waals surface area contributed by atoms with E-state index in [0.717, 1.165) is 42.3 Å². The van der Waals surface area contributed by atoms with Crippen LogP contribution in [0.1, 0.15) is 26.7 Å². The Balaban J connectivity index is 1.76. The molecule has 0 spiro atoms. The Bertz CT molecular complexity index is 625. The molecular weight excluding hydrogens is 284 g/mol. The topological polar surface area (TPSA) is 45.6 Å². The minimum absolute atomic E-state index is 0.378. The molecular formula is C16H22N2O2S. The van der Waals surface area contributed by atoms with E-state index in [0.29, 0.717) is 5.92 Å². The second-order valence-corrected chi connectivity index (χ2v) is 7.25. The molecule has 1 aromatic carbocycles. The fourth-order valence-electron chi connectivity index (χ4n) is 2.93. The molecule has 2 heterocycles. The number of methoxy groups -OCH3 is 1. The van der Waals surface area contributed by atoms with Crippen LogP contribution in [-0.4, -0.2) is 35.9 Å². The van der Waals surface area contributed by atoms with Crippen molar-refractivity contribution in [3.8, 4) is 5.75 Å². The average Bonchev–Trinajstić information content (AvgIpc) is 2.89. The first-order valence-electron chi connectivity index (χ1n) is 7.39. The highest BCUT2D eigenvalue weighted by atomic mass is 32.1. The number of fused-ring (bicyclic) bond motifs is 1. The zero-order valence-electron chi connectivity index (χ0n) is 12.8. The third-order valence-corrected chi connectivity index (χ3v) is 5.45. The largest absolute Gasteiger partial charge is 0.497 e. The molecule has 114 valence electrons. The van der Waals surface area contributed by atoms with Crippen LogP contribution >= 0.6 is 11.3 Å². The molecule has 0 radical (unpaired) electrons. The molecule has 1 aromatic heterocycles. The summed E-state index contributed by atoms with van der Waals surface area (Å²) in [5.74, 6) is 1.23. The lowest BCUT2D eigenvalue weighted by Gasteiger charge is -2.37. The molecule has 0 atom stereocenters. The van der Waals surface area contributed by atoms with Crippen molar-refractivity contribution in [1.29, 1.82) is 0 Å². The lowest BCUT2D eigenvalue weighted by atomic mass is 9.83. The maximum atomic E-state index is 10.1. The van der Waals surface area contributed by atoms with Crippen LogP contribution in [0, 0.1) is 5.92 Å². The molecule has 4 nitrogen and oxygen atoms in total. The molecule has 0 bridgehead atoms. The summed E-state index contributed by atoms with van der Waals surface area (Å²) in [4.78, 5) is 7.07. The zero-order chi connectivity index (χ0) is 15.0. The summed E-state index contributed by atoms with van der Waals surface area (Å²) in [7, 11) is 1.68. The first-order valence-corrected chi connectivity index (χ1v) is 8.21. The van der Waals surface area contributed by atoms with E-state index in [1.165, 1.54) is 4.70 Å². The van der Waals surface area contributed by atoms with Gasteiger partial charge < -0.3 is 14.7 Å². The highest BCUT2D eigenvalue weighted by Crippen LogP contribution is 2.35. The van der Waals surface area contributed by atoms with E-state index in [9.17, 15) is 5.11 Å². The molecule has 21 heavy (non-hydrogen) atoms. The monoisotopic (exact) mass is 306 g/mol. The van der Waals surface area contributed by atoms with Crippen molar-refractivity contribution in [3.63, 3.8) is 0 Å². The van der Waals surface area contributed by atoms with Gasteiger partial charge in [0.1, 0.15) is 5.75 Å². The highest BCUT2D eigenvalue weighted by molar-refractivity contribution is 7.22. The predicted octanol–water partition coefficient (Wildman–Crippen LogP) is 3.29. The summed E-state index contributed by atoms with van der Waals surface area (Å²) in [6.07, 6.45) is 2.03. The van der Waals surface area contributed by atoms with Gasteiger partial charge >= 0.3 is 0 Å². The molecule has 0 aliphatic carbocycles. The minimum atomic E-state index is -0.576. The number of hydrogen-bond acceptors (Lipinski definition) is 5. The second kappa shape index (κ2) is 5.46. The van der Waals surface area contributed by atoms with Gasteiger partial charge in [-0.15, -0.1) is 0 Å². The Morgan fingerprint density at radius 1 is 1.33 bits per heavy atom. The minimum Gasteiger partial charge on any atom is -0.497 e. The predicted molar refractivity (Wildman–Crippen MR) is 87.4 cm³/mol. The van der Waals surface area contributed by atoms with E-state index < -0.39 is 5.60 Å². The summed E-state index contributed by atoms with van der Waals surface area (Å²) in [6, 6.07) is 6.03. The molecule has 1 saturated heterocycles. The van der Waals surface area contributed by atoms with Gasteiger partial charge in [0.15, 0.2) is 5.13 Å².